The topological polar surface area (TPSA) is 96.8 Å². The fourth-order valence-corrected chi connectivity index (χ4v) is 4.48. The van der Waals surface area contributed by atoms with Crippen molar-refractivity contribution in [2.24, 2.45) is 0 Å². The Morgan fingerprint density at radius 1 is 1.12 bits per heavy atom. The third kappa shape index (κ3) is 5.24. The largest absolute Gasteiger partial charge is 0.383 e. The molecule has 2 aliphatic rings. The minimum absolute atomic E-state index is 0.129. The van der Waals surface area contributed by atoms with Gasteiger partial charge < -0.3 is 19.9 Å². The lowest BCUT2D eigenvalue weighted by molar-refractivity contribution is -0.126. The average molecular weight is 454 g/mol. The van der Waals surface area contributed by atoms with Crippen LogP contribution in [-0.4, -0.2) is 76.7 Å². The smallest absolute Gasteiger partial charge is 0.275 e. The Morgan fingerprint density at radius 2 is 1.94 bits per heavy atom. The molecule has 9 heteroatoms. The number of nitrogens with one attached hydrogen (secondary N) is 1. The molecule has 0 aliphatic carbocycles. The molecule has 0 bridgehead atoms. The lowest BCUT2D eigenvalue weighted by Crippen LogP contribution is -2.52. The normalized spacial score (nSPS) is 18.6. The van der Waals surface area contributed by atoms with Crippen molar-refractivity contribution >= 4 is 17.7 Å². The van der Waals surface area contributed by atoms with Crippen LogP contribution in [0.4, 0.5) is 0 Å². The first-order chi connectivity index (χ1) is 16.1. The van der Waals surface area contributed by atoms with Gasteiger partial charge in [-0.25, -0.2) is 0 Å². The molecule has 2 aliphatic heterocycles. The molecular formula is C24H31N5O4. The van der Waals surface area contributed by atoms with E-state index in [0.717, 1.165) is 24.8 Å². The van der Waals surface area contributed by atoms with Gasteiger partial charge in [-0.15, -0.1) is 0 Å². The second kappa shape index (κ2) is 10.6. The van der Waals surface area contributed by atoms with Gasteiger partial charge in [0, 0.05) is 45.9 Å². The van der Waals surface area contributed by atoms with Gasteiger partial charge >= 0.3 is 0 Å². The van der Waals surface area contributed by atoms with Gasteiger partial charge in [-0.1, -0.05) is 30.3 Å². The van der Waals surface area contributed by atoms with Crippen molar-refractivity contribution in [3.63, 3.8) is 0 Å². The molecular weight excluding hydrogens is 422 g/mol. The van der Waals surface area contributed by atoms with E-state index in [0.29, 0.717) is 51.4 Å². The Kier molecular flexibility index (Phi) is 7.39. The Bertz CT molecular complexity index is 990. The zero-order valence-electron chi connectivity index (χ0n) is 19.0. The van der Waals surface area contributed by atoms with Crippen LogP contribution in [-0.2, 0) is 22.6 Å². The molecule has 0 radical (unpaired) electrons. The summed E-state index contributed by atoms with van der Waals surface area (Å²) in [6, 6.07) is 10.9. The van der Waals surface area contributed by atoms with Crippen LogP contribution in [0.2, 0.25) is 0 Å². The highest BCUT2D eigenvalue weighted by molar-refractivity contribution is 5.99. The SMILES string of the molecule is COCCNC(=O)[C@H]1CCCCN1C(=O)c1cc2n(n1)CCCN(Cc1ccccc1)C2=O. The Hall–Kier alpha value is -3.20. The molecule has 1 fully saturated rings. The number of amides is 3. The van der Waals surface area contributed by atoms with E-state index < -0.39 is 6.04 Å². The second-order valence-corrected chi connectivity index (χ2v) is 8.50. The summed E-state index contributed by atoms with van der Waals surface area (Å²) in [5.74, 6) is -0.606. The van der Waals surface area contributed by atoms with Gasteiger partial charge in [0.25, 0.3) is 11.8 Å². The summed E-state index contributed by atoms with van der Waals surface area (Å²) in [6.45, 7) is 3.04. The molecule has 1 atom stereocenters. The molecule has 1 N–H and O–H groups in total. The second-order valence-electron chi connectivity index (χ2n) is 8.50. The number of ether oxygens (including phenoxy) is 1. The summed E-state index contributed by atoms with van der Waals surface area (Å²) in [7, 11) is 1.58. The van der Waals surface area contributed by atoms with E-state index in [4.69, 9.17) is 4.74 Å². The Labute approximate surface area is 193 Å². The van der Waals surface area contributed by atoms with Gasteiger partial charge in [0.15, 0.2) is 5.69 Å². The zero-order chi connectivity index (χ0) is 23.2. The summed E-state index contributed by atoms with van der Waals surface area (Å²) in [6.07, 6.45) is 3.10. The maximum Gasteiger partial charge on any atom is 0.275 e. The van der Waals surface area contributed by atoms with E-state index in [1.165, 1.54) is 0 Å². The minimum Gasteiger partial charge on any atom is -0.383 e. The minimum atomic E-state index is -0.533. The standard InChI is InChI=1S/C24H31N5O4/c1-33-15-11-25-22(30)20-10-5-6-13-28(20)23(31)19-16-21-24(32)27(12-7-14-29(21)26-19)17-18-8-3-2-4-9-18/h2-4,8-9,16,20H,5-7,10-15,17H2,1H3,(H,25,30)/t20-/m1/s1. The van der Waals surface area contributed by atoms with E-state index in [1.54, 1.807) is 27.7 Å². The van der Waals surface area contributed by atoms with Crippen LogP contribution < -0.4 is 5.32 Å². The lowest BCUT2D eigenvalue weighted by Gasteiger charge is -2.34. The van der Waals surface area contributed by atoms with Crippen molar-refractivity contribution in [1.82, 2.24) is 24.9 Å². The summed E-state index contributed by atoms with van der Waals surface area (Å²) in [5, 5.41) is 7.31. The monoisotopic (exact) mass is 453 g/mol. The van der Waals surface area contributed by atoms with E-state index >= 15 is 0 Å². The molecule has 33 heavy (non-hydrogen) atoms. The van der Waals surface area contributed by atoms with Crippen molar-refractivity contribution in [1.29, 1.82) is 0 Å². The van der Waals surface area contributed by atoms with Gasteiger partial charge in [0.2, 0.25) is 5.91 Å². The molecule has 4 rings (SSSR count). The third-order valence-corrected chi connectivity index (χ3v) is 6.19. The first-order valence-electron chi connectivity index (χ1n) is 11.6. The summed E-state index contributed by atoms with van der Waals surface area (Å²) in [5.41, 5.74) is 1.70. The third-order valence-electron chi connectivity index (χ3n) is 6.19. The summed E-state index contributed by atoms with van der Waals surface area (Å²) >= 11 is 0. The number of hydrogen-bond acceptors (Lipinski definition) is 5. The number of piperidine rings is 1. The first kappa shape index (κ1) is 23.0. The molecule has 176 valence electrons. The first-order valence-corrected chi connectivity index (χ1v) is 11.6. The van der Waals surface area contributed by atoms with Crippen molar-refractivity contribution < 1.29 is 19.1 Å². The van der Waals surface area contributed by atoms with Crippen LogP contribution in [0, 0.1) is 0 Å². The maximum absolute atomic E-state index is 13.3. The van der Waals surface area contributed by atoms with E-state index in [9.17, 15) is 14.4 Å². The number of hydrogen-bond donors (Lipinski definition) is 1. The molecule has 3 amide bonds. The van der Waals surface area contributed by atoms with Crippen LogP contribution in [0.25, 0.3) is 0 Å². The maximum atomic E-state index is 13.3. The Morgan fingerprint density at radius 3 is 2.73 bits per heavy atom. The van der Waals surface area contributed by atoms with Gasteiger partial charge in [0.05, 0.1) is 6.61 Å². The number of benzene rings is 1. The summed E-state index contributed by atoms with van der Waals surface area (Å²) in [4.78, 5) is 42.7. The fraction of sp³-hybridized carbons (Fsp3) is 0.500. The predicted molar refractivity (Wildman–Crippen MR) is 122 cm³/mol. The average Bonchev–Trinajstić information content (AvgIpc) is 3.21. The van der Waals surface area contributed by atoms with E-state index in [2.05, 4.69) is 10.4 Å². The van der Waals surface area contributed by atoms with Crippen molar-refractivity contribution in [2.75, 3.05) is 33.4 Å². The van der Waals surface area contributed by atoms with Crippen LogP contribution in [0.3, 0.4) is 0 Å². The molecule has 0 spiro atoms. The van der Waals surface area contributed by atoms with Crippen molar-refractivity contribution in [3.8, 4) is 0 Å². The van der Waals surface area contributed by atoms with Crippen LogP contribution in [0.5, 0.6) is 0 Å². The molecule has 0 saturated carbocycles. The van der Waals surface area contributed by atoms with Gasteiger partial charge in [-0.05, 0) is 31.2 Å². The van der Waals surface area contributed by atoms with Crippen LogP contribution in [0.15, 0.2) is 36.4 Å². The Balaban J connectivity index is 1.50. The molecule has 1 aromatic heterocycles. The quantitative estimate of drug-likeness (QED) is 0.644. The number of aromatic nitrogens is 2. The number of aryl methyl sites for hydroxylation is 1. The number of rotatable bonds is 7. The van der Waals surface area contributed by atoms with Crippen molar-refractivity contribution in [3.05, 3.63) is 53.3 Å². The number of nitrogens with zero attached hydrogens (tertiary/aromatic N) is 4. The highest BCUT2D eigenvalue weighted by atomic mass is 16.5. The number of methoxy groups -OCH3 is 1. The molecule has 3 heterocycles. The molecule has 0 unspecified atom stereocenters. The zero-order valence-corrected chi connectivity index (χ0v) is 19.0. The number of likely N-dealkylation sites (tertiary alicyclic amines) is 1. The van der Waals surface area contributed by atoms with Crippen molar-refractivity contribution in [2.45, 2.75) is 44.8 Å². The molecule has 1 aromatic carbocycles. The highest BCUT2D eigenvalue weighted by Gasteiger charge is 2.35. The van der Waals surface area contributed by atoms with E-state index in [-0.39, 0.29) is 23.4 Å². The fourth-order valence-electron chi connectivity index (χ4n) is 4.48. The molecule has 2 aromatic rings. The lowest BCUT2D eigenvalue weighted by atomic mass is 10.0. The number of carbonyl (C=O) groups excluding carboxylic acids is 3. The van der Waals surface area contributed by atoms with Gasteiger partial charge in [-0.3, -0.25) is 19.1 Å². The number of fused-ring (bicyclic) bond motifs is 1. The molecule has 1 saturated heterocycles. The van der Waals surface area contributed by atoms with Crippen LogP contribution in [0.1, 0.15) is 52.2 Å². The van der Waals surface area contributed by atoms with E-state index in [1.807, 2.05) is 30.3 Å². The van der Waals surface area contributed by atoms with Gasteiger partial charge in [0.1, 0.15) is 11.7 Å². The highest BCUT2D eigenvalue weighted by Crippen LogP contribution is 2.22. The molecule has 9 nitrogen and oxygen atoms in total. The van der Waals surface area contributed by atoms with Gasteiger partial charge in [-0.2, -0.15) is 5.10 Å². The number of carbonyl (C=O) groups is 3. The predicted octanol–water partition coefficient (Wildman–Crippen LogP) is 1.69. The van der Waals surface area contributed by atoms with Crippen LogP contribution >= 0.6 is 0 Å². The summed E-state index contributed by atoms with van der Waals surface area (Å²) < 4.78 is 6.63.